The van der Waals surface area contributed by atoms with Gasteiger partial charge in [0.1, 0.15) is 0 Å². The minimum atomic E-state index is -1.54. The zero-order valence-corrected chi connectivity index (χ0v) is 20.3. The topological polar surface area (TPSA) is 32.8 Å². The highest BCUT2D eigenvalue weighted by Crippen LogP contribution is 2.45. The van der Waals surface area contributed by atoms with E-state index in [9.17, 15) is 4.79 Å². The minimum Gasteiger partial charge on any atom is -0.469 e. The lowest BCUT2D eigenvalue weighted by molar-refractivity contribution is -0.147. The van der Waals surface area contributed by atoms with E-state index in [0.29, 0.717) is 15.6 Å². The van der Waals surface area contributed by atoms with Crippen molar-refractivity contribution in [3.05, 3.63) is 62.6 Å². The number of carbonyl (C=O) groups excluding carboxylic acids is 1. The molecule has 2 saturated heterocycles. The van der Waals surface area contributed by atoms with Crippen LogP contribution < -0.4 is 4.90 Å². The molecule has 0 aliphatic carbocycles. The lowest BCUT2D eigenvalue weighted by Crippen LogP contribution is -2.57. The molecule has 0 spiro atoms. The van der Waals surface area contributed by atoms with E-state index < -0.39 is 5.67 Å². The summed E-state index contributed by atoms with van der Waals surface area (Å²) in [6.07, 6.45) is 1.67. The van der Waals surface area contributed by atoms with Crippen molar-refractivity contribution in [1.29, 1.82) is 0 Å². The van der Waals surface area contributed by atoms with Gasteiger partial charge in [0.15, 0.2) is 5.67 Å². The Hall–Kier alpha value is -1.82. The number of aryl methyl sites for hydroxylation is 2. The van der Waals surface area contributed by atoms with Crippen molar-refractivity contribution in [2.45, 2.75) is 38.9 Å². The van der Waals surface area contributed by atoms with Gasteiger partial charge in [0.25, 0.3) is 0 Å². The number of alkyl halides is 1. The average molecular weight is 479 g/mol. The molecular formula is C25H29Cl2FN2O2. The summed E-state index contributed by atoms with van der Waals surface area (Å²) in [5.41, 5.74) is 3.56. The normalized spacial score (nSPS) is 19.0. The molecule has 2 fully saturated rings. The molecule has 0 amide bonds. The second-order valence-corrected chi connectivity index (χ2v) is 9.86. The van der Waals surface area contributed by atoms with Crippen LogP contribution in [0.4, 0.5) is 10.1 Å². The first-order valence-electron chi connectivity index (χ1n) is 11.0. The van der Waals surface area contributed by atoms with Gasteiger partial charge in [-0.2, -0.15) is 0 Å². The number of likely N-dealkylation sites (tertiary alicyclic amines) is 1. The first-order chi connectivity index (χ1) is 15.2. The standard InChI is InChI=1S/C25H29Cl2FN2O2/c1-16-11-19(30-14-25(28,15-30)23-21(26)5-4-6-22(23)27)12-17(2)20(16)13-29-9-7-18(8-10-29)24(31)32-3/h4-6,11-12,18H,7-10,13-15H2,1-3H3. The Morgan fingerprint density at radius 2 is 1.69 bits per heavy atom. The highest BCUT2D eigenvalue weighted by Gasteiger charge is 2.47. The van der Waals surface area contributed by atoms with E-state index in [-0.39, 0.29) is 25.0 Å². The van der Waals surface area contributed by atoms with Crippen LogP contribution >= 0.6 is 23.2 Å². The highest BCUT2D eigenvalue weighted by atomic mass is 35.5. The molecule has 0 bridgehead atoms. The number of hydrogen-bond donors (Lipinski definition) is 0. The quantitative estimate of drug-likeness (QED) is 0.517. The number of benzene rings is 2. The number of halogens is 3. The summed E-state index contributed by atoms with van der Waals surface area (Å²) in [6.45, 7) is 7.31. The molecule has 2 aromatic carbocycles. The van der Waals surface area contributed by atoms with Crippen LogP contribution in [0.15, 0.2) is 30.3 Å². The third kappa shape index (κ3) is 4.48. The van der Waals surface area contributed by atoms with Gasteiger partial charge in [-0.05, 0) is 80.7 Å². The van der Waals surface area contributed by atoms with Crippen LogP contribution in [0.1, 0.15) is 35.1 Å². The molecule has 0 aromatic heterocycles. The van der Waals surface area contributed by atoms with E-state index in [1.165, 1.54) is 23.8 Å². The van der Waals surface area contributed by atoms with Gasteiger partial charge in [0, 0.05) is 27.8 Å². The highest BCUT2D eigenvalue weighted by molar-refractivity contribution is 6.36. The Morgan fingerprint density at radius 1 is 1.12 bits per heavy atom. The van der Waals surface area contributed by atoms with Crippen LogP contribution in [0.5, 0.6) is 0 Å². The molecule has 2 heterocycles. The molecule has 0 atom stereocenters. The maximum absolute atomic E-state index is 15.5. The van der Waals surface area contributed by atoms with Crippen LogP contribution in [0.2, 0.25) is 10.0 Å². The number of carbonyl (C=O) groups is 1. The van der Waals surface area contributed by atoms with Gasteiger partial charge in [-0.15, -0.1) is 0 Å². The van der Waals surface area contributed by atoms with Gasteiger partial charge in [0.2, 0.25) is 0 Å². The van der Waals surface area contributed by atoms with Crippen molar-refractivity contribution in [2.24, 2.45) is 5.92 Å². The molecule has 7 heteroatoms. The number of rotatable bonds is 5. The predicted molar refractivity (Wildman–Crippen MR) is 127 cm³/mol. The second-order valence-electron chi connectivity index (χ2n) is 9.05. The molecule has 0 radical (unpaired) electrons. The molecule has 4 nitrogen and oxygen atoms in total. The van der Waals surface area contributed by atoms with E-state index in [2.05, 4.69) is 30.9 Å². The summed E-state index contributed by atoms with van der Waals surface area (Å²) in [4.78, 5) is 16.2. The summed E-state index contributed by atoms with van der Waals surface area (Å²) >= 11 is 12.5. The minimum absolute atomic E-state index is 0.0137. The van der Waals surface area contributed by atoms with Crippen LogP contribution in [-0.2, 0) is 21.7 Å². The summed E-state index contributed by atoms with van der Waals surface area (Å²) in [6, 6.07) is 9.37. The number of piperidine rings is 1. The number of hydrogen-bond acceptors (Lipinski definition) is 4. The SMILES string of the molecule is COC(=O)C1CCN(Cc2c(C)cc(N3CC(F)(c4c(Cl)cccc4Cl)C3)cc2C)CC1. The molecule has 4 rings (SSSR count). The lowest BCUT2D eigenvalue weighted by Gasteiger charge is -2.47. The molecule has 172 valence electrons. The second kappa shape index (κ2) is 9.20. The Balaban J connectivity index is 1.43. The molecule has 32 heavy (non-hydrogen) atoms. The molecular weight excluding hydrogens is 450 g/mol. The van der Waals surface area contributed by atoms with Crippen LogP contribution in [0, 0.1) is 19.8 Å². The monoisotopic (exact) mass is 478 g/mol. The number of esters is 1. The lowest BCUT2D eigenvalue weighted by atomic mass is 9.86. The van der Waals surface area contributed by atoms with E-state index in [1.807, 2.05) is 4.90 Å². The van der Waals surface area contributed by atoms with E-state index in [1.54, 1.807) is 18.2 Å². The van der Waals surface area contributed by atoms with Crippen molar-refractivity contribution in [1.82, 2.24) is 4.90 Å². The zero-order valence-electron chi connectivity index (χ0n) is 18.8. The van der Waals surface area contributed by atoms with Gasteiger partial charge in [-0.3, -0.25) is 9.69 Å². The van der Waals surface area contributed by atoms with Crippen LogP contribution in [-0.4, -0.2) is 44.2 Å². The van der Waals surface area contributed by atoms with Gasteiger partial charge in [0.05, 0.1) is 26.1 Å². The maximum atomic E-state index is 15.5. The van der Waals surface area contributed by atoms with Crippen molar-refractivity contribution in [3.63, 3.8) is 0 Å². The average Bonchev–Trinajstić information content (AvgIpc) is 2.74. The van der Waals surface area contributed by atoms with E-state index >= 15 is 4.39 Å². The van der Waals surface area contributed by atoms with Crippen molar-refractivity contribution in [2.75, 3.05) is 38.2 Å². The number of ether oxygens (including phenoxy) is 1. The molecule has 0 N–H and O–H groups in total. The Morgan fingerprint density at radius 3 is 2.22 bits per heavy atom. The van der Waals surface area contributed by atoms with Crippen molar-refractivity contribution < 1.29 is 13.9 Å². The van der Waals surface area contributed by atoms with E-state index in [0.717, 1.165) is 38.2 Å². The van der Waals surface area contributed by atoms with Gasteiger partial charge in [-0.1, -0.05) is 29.3 Å². The molecule has 2 aromatic rings. The fraction of sp³-hybridized carbons (Fsp3) is 0.480. The molecule has 0 saturated carbocycles. The first-order valence-corrected chi connectivity index (χ1v) is 11.8. The van der Waals surface area contributed by atoms with E-state index in [4.69, 9.17) is 27.9 Å². The number of methoxy groups -OCH3 is 1. The Kier molecular flexibility index (Phi) is 6.71. The van der Waals surface area contributed by atoms with Crippen LogP contribution in [0.3, 0.4) is 0 Å². The summed E-state index contributed by atoms with van der Waals surface area (Å²) in [5.74, 6) is -0.0854. The van der Waals surface area contributed by atoms with Gasteiger partial charge in [-0.25, -0.2) is 4.39 Å². The Labute approximate surface area is 199 Å². The third-order valence-corrected chi connectivity index (χ3v) is 7.47. The van der Waals surface area contributed by atoms with Gasteiger partial charge < -0.3 is 9.64 Å². The number of anilines is 1. The summed E-state index contributed by atoms with van der Waals surface area (Å²) in [5, 5.41) is 0.747. The molecule has 2 aliphatic rings. The predicted octanol–water partition coefficient (Wildman–Crippen LogP) is 5.68. The number of nitrogens with zero attached hydrogens (tertiary/aromatic N) is 2. The fourth-order valence-corrected chi connectivity index (χ4v) is 5.68. The third-order valence-electron chi connectivity index (χ3n) is 6.84. The Bertz CT molecular complexity index is 972. The van der Waals surface area contributed by atoms with Crippen LogP contribution in [0.25, 0.3) is 0 Å². The smallest absolute Gasteiger partial charge is 0.308 e. The van der Waals surface area contributed by atoms with Crippen molar-refractivity contribution in [3.8, 4) is 0 Å². The maximum Gasteiger partial charge on any atom is 0.308 e. The zero-order chi connectivity index (χ0) is 23.0. The largest absolute Gasteiger partial charge is 0.469 e. The van der Waals surface area contributed by atoms with Gasteiger partial charge >= 0.3 is 5.97 Å². The fourth-order valence-electron chi connectivity index (χ4n) is 4.94. The molecule has 2 aliphatic heterocycles. The first kappa shape index (κ1) is 23.3. The summed E-state index contributed by atoms with van der Waals surface area (Å²) < 4.78 is 20.4. The molecule has 0 unspecified atom stereocenters. The summed E-state index contributed by atoms with van der Waals surface area (Å²) in [7, 11) is 1.46. The van der Waals surface area contributed by atoms with Crippen molar-refractivity contribution >= 4 is 34.9 Å².